The van der Waals surface area contributed by atoms with Crippen LogP contribution < -0.4 is 15.8 Å². The van der Waals surface area contributed by atoms with Gasteiger partial charge in [-0.3, -0.25) is 4.79 Å². The fraction of sp³-hybridized carbons (Fsp3) is 0.562. The first-order chi connectivity index (χ1) is 11.1. The summed E-state index contributed by atoms with van der Waals surface area (Å²) in [5.41, 5.74) is 6.07. The second-order valence-corrected chi connectivity index (χ2v) is 5.87. The average molecular weight is 343 g/mol. The molecule has 0 bridgehead atoms. The number of hydrogen-bond donors (Lipinski definition) is 2. The first-order valence-electron chi connectivity index (χ1n) is 7.69. The summed E-state index contributed by atoms with van der Waals surface area (Å²) in [4.78, 5) is 12.1. The lowest BCUT2D eigenvalue weighted by Crippen LogP contribution is -2.28. The lowest BCUT2D eigenvalue weighted by atomic mass is 10.2. The Labute approximate surface area is 141 Å². The van der Waals surface area contributed by atoms with E-state index in [9.17, 15) is 4.79 Å². The third-order valence-electron chi connectivity index (χ3n) is 3.67. The SMILES string of the molecule is COC(CN)CC(=O)Nc1cc(Cl)ccc1OCC1CCCO1. The number of halogens is 1. The molecule has 0 aromatic heterocycles. The van der Waals surface area contributed by atoms with Crippen molar-refractivity contribution in [1.82, 2.24) is 0 Å². The highest BCUT2D eigenvalue weighted by Gasteiger charge is 2.18. The Morgan fingerprint density at radius 2 is 2.39 bits per heavy atom. The quantitative estimate of drug-likeness (QED) is 0.756. The molecule has 2 atom stereocenters. The fourth-order valence-corrected chi connectivity index (χ4v) is 2.53. The Morgan fingerprint density at radius 3 is 3.04 bits per heavy atom. The Bertz CT molecular complexity index is 517. The third kappa shape index (κ3) is 5.66. The van der Waals surface area contributed by atoms with Crippen molar-refractivity contribution >= 4 is 23.2 Å². The summed E-state index contributed by atoms with van der Waals surface area (Å²) in [5, 5.41) is 3.32. The fourth-order valence-electron chi connectivity index (χ4n) is 2.36. The summed E-state index contributed by atoms with van der Waals surface area (Å²) in [7, 11) is 1.53. The molecular weight excluding hydrogens is 320 g/mol. The maximum atomic E-state index is 12.1. The standard InChI is InChI=1S/C16H23ClN2O4/c1-21-13(9-18)8-16(20)19-14-7-11(17)4-5-15(14)23-10-12-3-2-6-22-12/h4-5,7,12-13H,2-3,6,8-10,18H2,1H3,(H,19,20). The molecule has 3 N–H and O–H groups in total. The highest BCUT2D eigenvalue weighted by Crippen LogP contribution is 2.29. The molecule has 1 aliphatic rings. The zero-order valence-corrected chi connectivity index (χ0v) is 14.0. The average Bonchev–Trinajstić information content (AvgIpc) is 3.05. The van der Waals surface area contributed by atoms with E-state index in [1.54, 1.807) is 18.2 Å². The van der Waals surface area contributed by atoms with E-state index in [2.05, 4.69) is 5.32 Å². The van der Waals surface area contributed by atoms with E-state index in [0.29, 0.717) is 23.1 Å². The van der Waals surface area contributed by atoms with Gasteiger partial charge in [0, 0.05) is 25.3 Å². The highest BCUT2D eigenvalue weighted by atomic mass is 35.5. The summed E-state index contributed by atoms with van der Waals surface area (Å²) >= 11 is 6.01. The molecular formula is C16H23ClN2O4. The maximum Gasteiger partial charge on any atom is 0.227 e. The normalized spacial score (nSPS) is 18.7. The van der Waals surface area contributed by atoms with Crippen LogP contribution >= 0.6 is 11.6 Å². The van der Waals surface area contributed by atoms with Crippen LogP contribution in [0.1, 0.15) is 19.3 Å². The molecule has 0 radical (unpaired) electrons. The van der Waals surface area contributed by atoms with Gasteiger partial charge in [0.05, 0.1) is 24.3 Å². The van der Waals surface area contributed by atoms with Gasteiger partial charge in [0.25, 0.3) is 0 Å². The van der Waals surface area contributed by atoms with Gasteiger partial charge in [-0.05, 0) is 31.0 Å². The van der Waals surface area contributed by atoms with Gasteiger partial charge in [0.2, 0.25) is 5.91 Å². The summed E-state index contributed by atoms with van der Waals surface area (Å²) in [6.45, 7) is 1.51. The predicted molar refractivity (Wildman–Crippen MR) is 89.0 cm³/mol. The van der Waals surface area contributed by atoms with Crippen LogP contribution in [0.2, 0.25) is 5.02 Å². The van der Waals surface area contributed by atoms with Gasteiger partial charge >= 0.3 is 0 Å². The molecule has 2 rings (SSSR count). The maximum absolute atomic E-state index is 12.1. The van der Waals surface area contributed by atoms with Crippen molar-refractivity contribution in [2.24, 2.45) is 5.73 Å². The Kier molecular flexibility index (Phi) is 7.11. The molecule has 1 aromatic rings. The highest BCUT2D eigenvalue weighted by molar-refractivity contribution is 6.31. The molecule has 2 unspecified atom stereocenters. The number of carbonyl (C=O) groups excluding carboxylic acids is 1. The number of anilines is 1. The zero-order valence-electron chi connectivity index (χ0n) is 13.2. The van der Waals surface area contributed by atoms with Crippen molar-refractivity contribution in [1.29, 1.82) is 0 Å². The van der Waals surface area contributed by atoms with E-state index < -0.39 is 0 Å². The number of nitrogens with one attached hydrogen (secondary N) is 1. The molecule has 0 aliphatic carbocycles. The third-order valence-corrected chi connectivity index (χ3v) is 3.91. The molecule has 1 aromatic carbocycles. The number of carbonyl (C=O) groups is 1. The van der Waals surface area contributed by atoms with E-state index >= 15 is 0 Å². The van der Waals surface area contributed by atoms with Crippen LogP contribution in [0, 0.1) is 0 Å². The first kappa shape index (κ1) is 18.0. The minimum absolute atomic E-state index is 0.101. The molecule has 128 valence electrons. The Balaban J connectivity index is 1.98. The van der Waals surface area contributed by atoms with E-state index in [-0.39, 0.29) is 31.1 Å². The number of ether oxygens (including phenoxy) is 3. The number of hydrogen-bond acceptors (Lipinski definition) is 5. The lowest BCUT2D eigenvalue weighted by molar-refractivity contribution is -0.118. The number of rotatable bonds is 8. The minimum Gasteiger partial charge on any atom is -0.489 e. The Morgan fingerprint density at radius 1 is 1.57 bits per heavy atom. The predicted octanol–water partition coefficient (Wildman–Crippen LogP) is 2.20. The van der Waals surface area contributed by atoms with Gasteiger partial charge in [0.1, 0.15) is 12.4 Å². The molecule has 0 saturated carbocycles. The van der Waals surface area contributed by atoms with E-state index in [1.807, 2.05) is 0 Å². The molecule has 1 saturated heterocycles. The van der Waals surface area contributed by atoms with Gasteiger partial charge in [-0.2, -0.15) is 0 Å². The molecule has 7 heteroatoms. The smallest absolute Gasteiger partial charge is 0.227 e. The number of methoxy groups -OCH3 is 1. The number of amides is 1. The van der Waals surface area contributed by atoms with Crippen molar-refractivity contribution in [3.05, 3.63) is 23.2 Å². The van der Waals surface area contributed by atoms with Gasteiger partial charge in [-0.15, -0.1) is 0 Å². The first-order valence-corrected chi connectivity index (χ1v) is 8.07. The van der Waals surface area contributed by atoms with Crippen molar-refractivity contribution in [3.8, 4) is 5.75 Å². The second kappa shape index (κ2) is 9.08. The minimum atomic E-state index is -0.314. The van der Waals surface area contributed by atoms with Crippen LogP contribution in [0.25, 0.3) is 0 Å². The molecule has 23 heavy (non-hydrogen) atoms. The molecule has 1 amide bonds. The van der Waals surface area contributed by atoms with Crippen molar-refractivity contribution in [2.45, 2.75) is 31.5 Å². The zero-order chi connectivity index (χ0) is 16.7. The van der Waals surface area contributed by atoms with Crippen LogP contribution in [-0.2, 0) is 14.3 Å². The van der Waals surface area contributed by atoms with Crippen LogP contribution in [0.4, 0.5) is 5.69 Å². The number of nitrogens with two attached hydrogens (primary N) is 1. The van der Waals surface area contributed by atoms with E-state index in [1.165, 1.54) is 7.11 Å². The molecule has 0 spiro atoms. The van der Waals surface area contributed by atoms with Crippen molar-refractivity contribution < 1.29 is 19.0 Å². The van der Waals surface area contributed by atoms with Gasteiger partial charge in [0.15, 0.2) is 0 Å². The molecule has 1 aliphatic heterocycles. The second-order valence-electron chi connectivity index (χ2n) is 5.43. The van der Waals surface area contributed by atoms with Crippen molar-refractivity contribution in [2.75, 3.05) is 32.2 Å². The van der Waals surface area contributed by atoms with Gasteiger partial charge < -0.3 is 25.3 Å². The van der Waals surface area contributed by atoms with Crippen LogP contribution in [0.3, 0.4) is 0 Å². The summed E-state index contributed by atoms with van der Waals surface area (Å²) in [5.74, 6) is 0.367. The topological polar surface area (TPSA) is 82.8 Å². The largest absolute Gasteiger partial charge is 0.489 e. The lowest BCUT2D eigenvalue weighted by Gasteiger charge is -2.17. The van der Waals surface area contributed by atoms with E-state index in [4.69, 9.17) is 31.5 Å². The number of benzene rings is 1. The molecule has 1 fully saturated rings. The monoisotopic (exact) mass is 342 g/mol. The molecule has 6 nitrogen and oxygen atoms in total. The van der Waals surface area contributed by atoms with Gasteiger partial charge in [-0.25, -0.2) is 0 Å². The summed E-state index contributed by atoms with van der Waals surface area (Å²) < 4.78 is 16.4. The Hall–Kier alpha value is -1.34. The summed E-state index contributed by atoms with van der Waals surface area (Å²) in [6.07, 6.45) is 2.00. The summed E-state index contributed by atoms with van der Waals surface area (Å²) in [6, 6.07) is 5.12. The van der Waals surface area contributed by atoms with E-state index in [0.717, 1.165) is 19.4 Å². The molecule has 1 heterocycles. The van der Waals surface area contributed by atoms with Gasteiger partial charge in [-0.1, -0.05) is 11.6 Å². The van der Waals surface area contributed by atoms with Crippen LogP contribution in [0.15, 0.2) is 18.2 Å². The van der Waals surface area contributed by atoms with Crippen molar-refractivity contribution in [3.63, 3.8) is 0 Å². The van der Waals surface area contributed by atoms with Crippen LogP contribution in [0.5, 0.6) is 5.75 Å². The van der Waals surface area contributed by atoms with Crippen LogP contribution in [-0.4, -0.2) is 45.0 Å².